The molecule has 0 aromatic heterocycles. The van der Waals surface area contributed by atoms with E-state index in [2.05, 4.69) is 12.1 Å². The van der Waals surface area contributed by atoms with Crippen molar-refractivity contribution in [3.05, 3.63) is 66.5 Å². The summed E-state index contributed by atoms with van der Waals surface area (Å²) < 4.78 is 16.1. The lowest BCUT2D eigenvalue weighted by atomic mass is 9.93. The van der Waals surface area contributed by atoms with Crippen LogP contribution in [0.5, 0.6) is 0 Å². The van der Waals surface area contributed by atoms with Crippen molar-refractivity contribution >= 4 is 6.08 Å². The number of hydrogen-bond acceptors (Lipinski definition) is 3. The first-order valence-electron chi connectivity index (χ1n) is 5.46. The molecule has 0 N–H and O–H groups in total. The molecule has 1 aromatic carbocycles. The van der Waals surface area contributed by atoms with Gasteiger partial charge in [0.15, 0.2) is 0 Å². The van der Waals surface area contributed by atoms with Crippen molar-refractivity contribution in [2.45, 2.75) is 12.2 Å². The van der Waals surface area contributed by atoms with E-state index in [1.807, 2.05) is 24.3 Å². The summed E-state index contributed by atoms with van der Waals surface area (Å²) in [7, 11) is 0. The van der Waals surface area contributed by atoms with Gasteiger partial charge in [-0.25, -0.2) is 0 Å². The molecular formula is C14H12O3. The molecule has 0 unspecified atom stereocenters. The summed E-state index contributed by atoms with van der Waals surface area (Å²) in [6.45, 7) is 0. The molecule has 1 aliphatic carbocycles. The molecule has 0 fully saturated rings. The fourth-order valence-corrected chi connectivity index (χ4v) is 1.98. The second-order valence-electron chi connectivity index (χ2n) is 3.94. The van der Waals surface area contributed by atoms with Crippen LogP contribution in [0.15, 0.2) is 55.4 Å². The van der Waals surface area contributed by atoms with Crippen molar-refractivity contribution in [3.63, 3.8) is 0 Å². The van der Waals surface area contributed by atoms with Gasteiger partial charge in [-0.2, -0.15) is 0 Å². The van der Waals surface area contributed by atoms with Gasteiger partial charge in [0.1, 0.15) is 25.0 Å². The predicted molar refractivity (Wildman–Crippen MR) is 63.4 cm³/mol. The van der Waals surface area contributed by atoms with E-state index >= 15 is 0 Å². The summed E-state index contributed by atoms with van der Waals surface area (Å²) in [6.07, 6.45) is 10.6. The highest BCUT2D eigenvalue weighted by molar-refractivity contribution is 5.58. The standard InChI is InChI=1S/C14H12O3/c1-2-4-13-11-14(6-5-12(13)3-1)16-9-7-15-8-10-17-14/h1-10H,11H2/b9-7-,10-8-. The molecule has 1 spiro atoms. The fraction of sp³-hybridized carbons (Fsp3) is 0.143. The van der Waals surface area contributed by atoms with Crippen LogP contribution in [0, 0.1) is 0 Å². The summed E-state index contributed by atoms with van der Waals surface area (Å²) in [5.74, 6) is -0.759. The molecular weight excluding hydrogens is 216 g/mol. The predicted octanol–water partition coefficient (Wildman–Crippen LogP) is 2.96. The van der Waals surface area contributed by atoms with Crippen molar-refractivity contribution in [1.29, 1.82) is 0 Å². The van der Waals surface area contributed by atoms with Crippen LogP contribution in [-0.2, 0) is 20.6 Å². The average molecular weight is 228 g/mol. The molecule has 0 saturated carbocycles. The first kappa shape index (κ1) is 10.0. The van der Waals surface area contributed by atoms with E-state index in [9.17, 15) is 0 Å². The maximum absolute atomic E-state index is 5.60. The second-order valence-corrected chi connectivity index (χ2v) is 3.94. The molecule has 3 rings (SSSR count). The van der Waals surface area contributed by atoms with Crippen LogP contribution in [-0.4, -0.2) is 5.79 Å². The third-order valence-electron chi connectivity index (χ3n) is 2.81. The van der Waals surface area contributed by atoms with E-state index < -0.39 is 5.79 Å². The molecule has 1 heterocycles. The summed E-state index contributed by atoms with van der Waals surface area (Å²) in [4.78, 5) is 0. The van der Waals surface area contributed by atoms with Crippen LogP contribution in [0.4, 0.5) is 0 Å². The third-order valence-corrected chi connectivity index (χ3v) is 2.81. The van der Waals surface area contributed by atoms with Gasteiger partial charge in [0.05, 0.1) is 6.42 Å². The molecule has 86 valence electrons. The van der Waals surface area contributed by atoms with Crippen LogP contribution in [0.25, 0.3) is 6.08 Å². The fourth-order valence-electron chi connectivity index (χ4n) is 1.98. The molecule has 0 saturated heterocycles. The van der Waals surface area contributed by atoms with E-state index in [1.54, 1.807) is 0 Å². The Bertz CT molecular complexity index is 486. The highest BCUT2D eigenvalue weighted by Crippen LogP contribution is 2.30. The molecule has 3 heteroatoms. The maximum Gasteiger partial charge on any atom is 0.274 e. The van der Waals surface area contributed by atoms with Crippen LogP contribution in [0.2, 0.25) is 0 Å². The zero-order valence-electron chi connectivity index (χ0n) is 9.21. The largest absolute Gasteiger partial charge is 0.466 e. The Balaban J connectivity index is 1.94. The van der Waals surface area contributed by atoms with Gasteiger partial charge < -0.3 is 14.2 Å². The Morgan fingerprint density at radius 3 is 2.53 bits per heavy atom. The Labute approximate surface area is 99.6 Å². The summed E-state index contributed by atoms with van der Waals surface area (Å²) >= 11 is 0. The highest BCUT2D eigenvalue weighted by atomic mass is 16.7. The van der Waals surface area contributed by atoms with E-state index in [1.165, 1.54) is 36.2 Å². The molecule has 3 nitrogen and oxygen atoms in total. The Kier molecular flexibility index (Phi) is 2.37. The molecule has 0 radical (unpaired) electrons. The van der Waals surface area contributed by atoms with Gasteiger partial charge in [-0.3, -0.25) is 0 Å². The highest BCUT2D eigenvalue weighted by Gasteiger charge is 2.33. The number of rotatable bonds is 0. The minimum atomic E-state index is -0.759. The lowest BCUT2D eigenvalue weighted by molar-refractivity contribution is -0.137. The van der Waals surface area contributed by atoms with Crippen molar-refractivity contribution in [1.82, 2.24) is 0 Å². The monoisotopic (exact) mass is 228 g/mol. The van der Waals surface area contributed by atoms with Crippen molar-refractivity contribution in [3.8, 4) is 0 Å². The number of fused-ring (bicyclic) bond motifs is 1. The first-order valence-corrected chi connectivity index (χ1v) is 5.46. The number of ether oxygens (including phenoxy) is 3. The van der Waals surface area contributed by atoms with Gasteiger partial charge in [-0.1, -0.05) is 30.3 Å². The van der Waals surface area contributed by atoms with E-state index in [0.717, 1.165) is 0 Å². The van der Waals surface area contributed by atoms with Gasteiger partial charge in [-0.15, -0.1) is 0 Å². The Morgan fingerprint density at radius 2 is 1.71 bits per heavy atom. The third kappa shape index (κ3) is 1.91. The van der Waals surface area contributed by atoms with Gasteiger partial charge in [0.25, 0.3) is 5.79 Å². The van der Waals surface area contributed by atoms with Crippen molar-refractivity contribution < 1.29 is 14.2 Å². The number of benzene rings is 1. The zero-order chi connectivity index (χ0) is 11.6. The number of hydrogen-bond donors (Lipinski definition) is 0. The minimum absolute atomic E-state index is 0.675. The van der Waals surface area contributed by atoms with Crippen LogP contribution >= 0.6 is 0 Å². The normalized spacial score (nSPS) is 23.3. The lowest BCUT2D eigenvalue weighted by Crippen LogP contribution is -2.35. The first-order chi connectivity index (χ1) is 8.38. The molecule has 0 bridgehead atoms. The van der Waals surface area contributed by atoms with E-state index in [-0.39, 0.29) is 0 Å². The van der Waals surface area contributed by atoms with Gasteiger partial charge >= 0.3 is 0 Å². The van der Waals surface area contributed by atoms with Crippen LogP contribution in [0.1, 0.15) is 11.1 Å². The maximum atomic E-state index is 5.60. The molecule has 0 atom stereocenters. The molecule has 1 aliphatic heterocycles. The topological polar surface area (TPSA) is 27.7 Å². The van der Waals surface area contributed by atoms with Crippen molar-refractivity contribution in [2.24, 2.45) is 0 Å². The van der Waals surface area contributed by atoms with Gasteiger partial charge in [0, 0.05) is 6.08 Å². The van der Waals surface area contributed by atoms with E-state index in [4.69, 9.17) is 14.2 Å². The average Bonchev–Trinajstić information content (AvgIpc) is 2.34. The molecule has 17 heavy (non-hydrogen) atoms. The molecule has 0 amide bonds. The smallest absolute Gasteiger partial charge is 0.274 e. The van der Waals surface area contributed by atoms with Crippen LogP contribution in [0.3, 0.4) is 0 Å². The van der Waals surface area contributed by atoms with E-state index in [0.29, 0.717) is 6.42 Å². The zero-order valence-corrected chi connectivity index (χ0v) is 9.21. The molecule has 1 aromatic rings. The van der Waals surface area contributed by atoms with Gasteiger partial charge in [0.2, 0.25) is 0 Å². The van der Waals surface area contributed by atoms with Crippen LogP contribution < -0.4 is 0 Å². The Morgan fingerprint density at radius 1 is 0.941 bits per heavy atom. The quantitative estimate of drug-likeness (QED) is 0.683. The molecule has 2 aliphatic rings. The summed E-state index contributed by atoms with van der Waals surface area (Å²) in [5, 5.41) is 0. The Hall–Kier alpha value is -2.16. The summed E-state index contributed by atoms with van der Waals surface area (Å²) in [5.41, 5.74) is 2.41. The van der Waals surface area contributed by atoms with Gasteiger partial charge in [-0.05, 0) is 11.1 Å². The SMILES string of the molecule is C1=CC2(Cc3ccccc31)O/C=C\O/C=C\O2. The summed E-state index contributed by atoms with van der Waals surface area (Å²) in [6, 6.07) is 8.20. The van der Waals surface area contributed by atoms with Crippen molar-refractivity contribution in [2.75, 3.05) is 0 Å². The second kappa shape index (κ2) is 4.01. The minimum Gasteiger partial charge on any atom is -0.466 e. The lowest BCUT2D eigenvalue weighted by Gasteiger charge is -2.32.